The second kappa shape index (κ2) is 6.33. The summed E-state index contributed by atoms with van der Waals surface area (Å²) in [5.41, 5.74) is 3.69. The third-order valence-corrected chi connectivity index (χ3v) is 4.96. The van der Waals surface area contributed by atoms with Crippen molar-refractivity contribution < 1.29 is 9.47 Å². The van der Waals surface area contributed by atoms with Crippen LogP contribution in [0.15, 0.2) is 54.7 Å². The first-order valence-electron chi connectivity index (χ1n) is 8.64. The van der Waals surface area contributed by atoms with Crippen molar-refractivity contribution >= 4 is 10.9 Å². The smallest absolute Gasteiger partial charge is 0.202 e. The first-order chi connectivity index (χ1) is 11.7. The number of para-hydroxylation sites is 1. The molecule has 0 saturated carbocycles. The molecule has 1 aromatic heterocycles. The van der Waals surface area contributed by atoms with Gasteiger partial charge in [-0.1, -0.05) is 38.1 Å². The molecule has 24 heavy (non-hydrogen) atoms. The normalized spacial score (nSPS) is 19.5. The quantitative estimate of drug-likeness (QED) is 0.713. The van der Waals surface area contributed by atoms with Gasteiger partial charge in [0.15, 0.2) is 0 Å². The van der Waals surface area contributed by atoms with Gasteiger partial charge in [-0.3, -0.25) is 0 Å². The van der Waals surface area contributed by atoms with E-state index in [2.05, 4.69) is 49.2 Å². The third kappa shape index (κ3) is 2.92. The van der Waals surface area contributed by atoms with Crippen molar-refractivity contribution in [1.29, 1.82) is 0 Å². The number of ether oxygens (including phenoxy) is 2. The van der Waals surface area contributed by atoms with Gasteiger partial charge >= 0.3 is 0 Å². The van der Waals surface area contributed by atoms with Gasteiger partial charge in [0.05, 0.1) is 6.61 Å². The van der Waals surface area contributed by atoms with Crippen molar-refractivity contribution in [2.45, 2.75) is 39.1 Å². The van der Waals surface area contributed by atoms with E-state index in [1.807, 2.05) is 24.4 Å². The monoisotopic (exact) mass is 321 g/mol. The Kier molecular flexibility index (Phi) is 4.03. The Morgan fingerprint density at radius 2 is 2.00 bits per heavy atom. The molecule has 3 aromatic rings. The van der Waals surface area contributed by atoms with E-state index in [0.29, 0.717) is 18.4 Å². The lowest BCUT2D eigenvalue weighted by Gasteiger charge is -2.31. The predicted molar refractivity (Wildman–Crippen MR) is 96.1 cm³/mol. The molecule has 0 radical (unpaired) electrons. The number of aromatic nitrogens is 1. The second-order valence-corrected chi connectivity index (χ2v) is 6.84. The fraction of sp³-hybridized carbons (Fsp3) is 0.333. The highest BCUT2D eigenvalue weighted by atomic mass is 16.7. The molecule has 124 valence electrons. The van der Waals surface area contributed by atoms with Crippen molar-refractivity contribution in [3.8, 4) is 5.75 Å². The van der Waals surface area contributed by atoms with Crippen LogP contribution in [0.4, 0.5) is 0 Å². The van der Waals surface area contributed by atoms with E-state index in [9.17, 15) is 0 Å². The highest BCUT2D eigenvalue weighted by Crippen LogP contribution is 2.33. The zero-order chi connectivity index (χ0) is 16.5. The highest BCUT2D eigenvalue weighted by Gasteiger charge is 2.27. The number of H-pyrrole nitrogens is 1. The molecule has 3 unspecified atom stereocenters. The van der Waals surface area contributed by atoms with E-state index >= 15 is 0 Å². The summed E-state index contributed by atoms with van der Waals surface area (Å²) in [6.07, 6.45) is 2.85. The number of hydrogen-bond acceptors (Lipinski definition) is 2. The molecule has 1 N–H and O–H groups in total. The summed E-state index contributed by atoms with van der Waals surface area (Å²) in [5.74, 6) is 1.75. The molecule has 2 heterocycles. The fourth-order valence-corrected chi connectivity index (χ4v) is 3.53. The Balaban J connectivity index is 1.44. The van der Waals surface area contributed by atoms with Gasteiger partial charge in [0, 0.05) is 23.2 Å². The van der Waals surface area contributed by atoms with Gasteiger partial charge in [0.2, 0.25) is 6.29 Å². The summed E-state index contributed by atoms with van der Waals surface area (Å²) in [6.45, 7) is 5.12. The molecule has 0 aliphatic carbocycles. The summed E-state index contributed by atoms with van der Waals surface area (Å²) in [6, 6.07) is 16.9. The molecule has 4 rings (SSSR count). The molecular weight excluding hydrogens is 298 g/mol. The van der Waals surface area contributed by atoms with Gasteiger partial charge in [-0.05, 0) is 47.6 Å². The van der Waals surface area contributed by atoms with Gasteiger partial charge in [-0.25, -0.2) is 0 Å². The SMILES string of the molecule is CC(CC(C)C1OCc2ccccc2O1)c1ccc2[nH]ccc2c1. The van der Waals surface area contributed by atoms with Crippen molar-refractivity contribution in [3.63, 3.8) is 0 Å². The summed E-state index contributed by atoms with van der Waals surface area (Å²) in [4.78, 5) is 3.25. The predicted octanol–water partition coefficient (Wildman–Crippen LogP) is 5.23. The lowest BCUT2D eigenvalue weighted by molar-refractivity contribution is -0.138. The molecule has 3 nitrogen and oxygen atoms in total. The number of benzene rings is 2. The number of fused-ring (bicyclic) bond motifs is 2. The van der Waals surface area contributed by atoms with E-state index in [4.69, 9.17) is 9.47 Å². The summed E-state index contributed by atoms with van der Waals surface area (Å²) >= 11 is 0. The summed E-state index contributed by atoms with van der Waals surface area (Å²) in [7, 11) is 0. The van der Waals surface area contributed by atoms with E-state index in [0.717, 1.165) is 17.7 Å². The Hall–Kier alpha value is -2.26. The number of aromatic amines is 1. The Morgan fingerprint density at radius 3 is 2.92 bits per heavy atom. The minimum Gasteiger partial charge on any atom is -0.464 e. The second-order valence-electron chi connectivity index (χ2n) is 6.84. The first kappa shape index (κ1) is 15.3. The zero-order valence-corrected chi connectivity index (χ0v) is 14.2. The van der Waals surface area contributed by atoms with Crippen LogP contribution in [0.2, 0.25) is 0 Å². The van der Waals surface area contributed by atoms with Crippen LogP contribution < -0.4 is 4.74 Å². The van der Waals surface area contributed by atoms with Gasteiger partial charge < -0.3 is 14.5 Å². The summed E-state index contributed by atoms with van der Waals surface area (Å²) < 4.78 is 12.0. The average molecular weight is 321 g/mol. The minimum atomic E-state index is -0.168. The Morgan fingerprint density at radius 1 is 1.12 bits per heavy atom. The lowest BCUT2D eigenvalue weighted by atomic mass is 9.90. The maximum absolute atomic E-state index is 6.06. The van der Waals surface area contributed by atoms with Crippen molar-refractivity contribution in [2.24, 2.45) is 5.92 Å². The van der Waals surface area contributed by atoms with E-state index in [-0.39, 0.29) is 6.29 Å². The van der Waals surface area contributed by atoms with Crippen molar-refractivity contribution in [2.75, 3.05) is 0 Å². The van der Waals surface area contributed by atoms with E-state index in [1.54, 1.807) is 0 Å². The zero-order valence-electron chi connectivity index (χ0n) is 14.2. The number of rotatable bonds is 4. The van der Waals surface area contributed by atoms with Crippen LogP contribution in [0.5, 0.6) is 5.75 Å². The molecule has 0 spiro atoms. The molecule has 0 amide bonds. The minimum absolute atomic E-state index is 0.168. The van der Waals surface area contributed by atoms with E-state index < -0.39 is 0 Å². The van der Waals surface area contributed by atoms with E-state index in [1.165, 1.54) is 16.5 Å². The topological polar surface area (TPSA) is 34.2 Å². The van der Waals surface area contributed by atoms with Crippen LogP contribution in [0.25, 0.3) is 10.9 Å². The van der Waals surface area contributed by atoms with Crippen LogP contribution in [0.3, 0.4) is 0 Å². The molecule has 2 aromatic carbocycles. The maximum atomic E-state index is 6.06. The van der Waals surface area contributed by atoms with Crippen molar-refractivity contribution in [1.82, 2.24) is 4.98 Å². The van der Waals surface area contributed by atoms with Crippen molar-refractivity contribution in [3.05, 3.63) is 65.9 Å². The molecule has 1 aliphatic heterocycles. The fourth-order valence-electron chi connectivity index (χ4n) is 3.53. The van der Waals surface area contributed by atoms with Crippen LogP contribution in [0, 0.1) is 5.92 Å². The Bertz CT molecular complexity index is 838. The summed E-state index contributed by atoms with van der Waals surface area (Å²) in [5, 5.41) is 1.27. The van der Waals surface area contributed by atoms with Gasteiger partial charge in [0.1, 0.15) is 5.75 Å². The molecule has 1 aliphatic rings. The first-order valence-corrected chi connectivity index (χ1v) is 8.64. The molecule has 3 heteroatoms. The van der Waals surface area contributed by atoms with Crippen LogP contribution in [-0.2, 0) is 11.3 Å². The molecule has 0 saturated heterocycles. The standard InChI is InChI=1S/C21H23NO2/c1-14(16-7-8-19-17(12-16)9-10-22-19)11-15(2)21-23-13-18-5-3-4-6-20(18)24-21/h3-10,12,14-15,21-22H,11,13H2,1-2H3. The average Bonchev–Trinajstić information content (AvgIpc) is 3.08. The van der Waals surface area contributed by atoms with Gasteiger partial charge in [-0.2, -0.15) is 0 Å². The highest BCUT2D eigenvalue weighted by molar-refractivity contribution is 5.80. The van der Waals surface area contributed by atoms with Gasteiger partial charge in [-0.15, -0.1) is 0 Å². The molecule has 3 atom stereocenters. The number of hydrogen-bond donors (Lipinski definition) is 1. The Labute approximate surface area is 142 Å². The molecular formula is C21H23NO2. The molecule has 0 fully saturated rings. The van der Waals surface area contributed by atoms with Crippen LogP contribution >= 0.6 is 0 Å². The maximum Gasteiger partial charge on any atom is 0.202 e. The van der Waals surface area contributed by atoms with Crippen LogP contribution in [-0.4, -0.2) is 11.3 Å². The largest absolute Gasteiger partial charge is 0.464 e. The van der Waals surface area contributed by atoms with Gasteiger partial charge in [0.25, 0.3) is 0 Å². The third-order valence-electron chi connectivity index (χ3n) is 4.96. The van der Waals surface area contributed by atoms with Crippen LogP contribution in [0.1, 0.15) is 37.3 Å². The lowest BCUT2D eigenvalue weighted by Crippen LogP contribution is -2.32. The number of nitrogens with one attached hydrogen (secondary N) is 1. The molecule has 0 bridgehead atoms.